The van der Waals surface area contributed by atoms with Crippen molar-refractivity contribution in [2.45, 2.75) is 71.4 Å². The first-order valence-electron chi connectivity index (χ1n) is 15.4. The summed E-state index contributed by atoms with van der Waals surface area (Å²) in [5, 5.41) is 3.40. The minimum absolute atomic E-state index is 0.0284. The van der Waals surface area contributed by atoms with E-state index in [1.165, 1.54) is 0 Å². The Labute approximate surface area is 259 Å². The van der Waals surface area contributed by atoms with Crippen molar-refractivity contribution in [3.05, 3.63) is 34.2 Å². The number of ketones is 2. The standard InChI is InChI=1S/C32H45N5O7/c1-5-23-21-29(39)27(12-13-28(23)38)37-22-26-24(10-8-11-25(26)30(37)40)9-6-7-15-36(31(41)44-32(2,3)4)16-18-43-20-19-42-17-14-34-35-33/h8,10-11,23,25-27H,5,7,12-22H2,1-4H3. The van der Waals surface area contributed by atoms with Crippen LogP contribution in [0.1, 0.15) is 59.8 Å². The number of hydrogen-bond donors (Lipinski definition) is 0. The van der Waals surface area contributed by atoms with Gasteiger partial charge in [-0.15, -0.1) is 0 Å². The Morgan fingerprint density at radius 3 is 2.59 bits per heavy atom. The van der Waals surface area contributed by atoms with Gasteiger partial charge in [0, 0.05) is 67.8 Å². The number of amides is 2. The Hall–Kier alpha value is -3.65. The summed E-state index contributed by atoms with van der Waals surface area (Å²) in [6.45, 7) is 9.92. The van der Waals surface area contributed by atoms with Gasteiger partial charge in [0.05, 0.1) is 38.4 Å². The van der Waals surface area contributed by atoms with Crippen LogP contribution in [0.5, 0.6) is 0 Å². The number of hydrogen-bond acceptors (Lipinski definition) is 8. The Kier molecular flexibility index (Phi) is 13.5. The Morgan fingerprint density at radius 1 is 1.14 bits per heavy atom. The zero-order valence-electron chi connectivity index (χ0n) is 26.3. The van der Waals surface area contributed by atoms with E-state index in [2.05, 4.69) is 21.9 Å². The highest BCUT2D eigenvalue weighted by atomic mass is 16.6. The molecule has 12 heteroatoms. The first-order chi connectivity index (χ1) is 21.1. The molecule has 0 N–H and O–H groups in total. The quantitative estimate of drug-likeness (QED) is 0.0754. The van der Waals surface area contributed by atoms with Crippen LogP contribution in [0.3, 0.4) is 0 Å². The number of azide groups is 1. The topological polar surface area (TPSA) is 151 Å². The molecule has 2 aliphatic carbocycles. The number of nitrogens with zero attached hydrogens (tertiary/aromatic N) is 5. The van der Waals surface area contributed by atoms with Gasteiger partial charge in [-0.1, -0.05) is 42.1 Å². The van der Waals surface area contributed by atoms with Crippen LogP contribution in [-0.4, -0.2) is 97.6 Å². The molecule has 2 amide bonds. The lowest BCUT2D eigenvalue weighted by Crippen LogP contribution is -2.42. The molecule has 240 valence electrons. The van der Waals surface area contributed by atoms with Crippen LogP contribution in [0.25, 0.3) is 10.4 Å². The monoisotopic (exact) mass is 611 g/mol. The molecular formula is C32H45N5O7. The lowest BCUT2D eigenvalue weighted by Gasteiger charge is -2.27. The molecule has 0 bridgehead atoms. The SMILES string of the molecule is CCC1CC(=O)C(N2CC3C(C#CCCN(CCOCCOCCN=[N+]=[N-])C(=O)OC(C)(C)C)=CC=CC3C2=O)CCC1=O. The molecule has 1 heterocycles. The van der Waals surface area contributed by atoms with Gasteiger partial charge in [0.2, 0.25) is 5.91 Å². The molecule has 4 atom stereocenters. The van der Waals surface area contributed by atoms with E-state index in [1.807, 2.05) is 25.2 Å². The third-order valence-corrected chi connectivity index (χ3v) is 7.86. The van der Waals surface area contributed by atoms with Crippen LogP contribution < -0.4 is 0 Å². The summed E-state index contributed by atoms with van der Waals surface area (Å²) >= 11 is 0. The number of Topliss-reactive ketones (excluding diaryl/α,β-unsaturated/α-hetero) is 2. The first-order valence-corrected chi connectivity index (χ1v) is 15.4. The molecule has 3 aliphatic rings. The van der Waals surface area contributed by atoms with Gasteiger partial charge in [0.1, 0.15) is 11.4 Å². The van der Waals surface area contributed by atoms with Crippen molar-refractivity contribution in [3.8, 4) is 11.8 Å². The fraction of sp³-hybridized carbons (Fsp3) is 0.688. The molecular weight excluding hydrogens is 566 g/mol. The number of rotatable bonds is 13. The fourth-order valence-corrected chi connectivity index (χ4v) is 5.57. The van der Waals surface area contributed by atoms with Gasteiger partial charge in [-0.3, -0.25) is 14.4 Å². The average Bonchev–Trinajstić information content (AvgIpc) is 3.23. The first kappa shape index (κ1) is 34.8. The van der Waals surface area contributed by atoms with Crippen LogP contribution in [0.4, 0.5) is 4.79 Å². The Bertz CT molecular complexity index is 1220. The molecule has 0 spiro atoms. The molecule has 4 unspecified atom stereocenters. The third kappa shape index (κ3) is 10.2. The average molecular weight is 612 g/mol. The van der Waals surface area contributed by atoms with Crippen LogP contribution in [0.15, 0.2) is 28.9 Å². The second kappa shape index (κ2) is 17.0. The largest absolute Gasteiger partial charge is 0.444 e. The van der Waals surface area contributed by atoms with Crippen molar-refractivity contribution in [1.82, 2.24) is 9.80 Å². The fourth-order valence-electron chi connectivity index (χ4n) is 5.57. The van der Waals surface area contributed by atoms with Crippen LogP contribution >= 0.6 is 0 Å². The third-order valence-electron chi connectivity index (χ3n) is 7.86. The molecule has 2 fully saturated rings. The highest BCUT2D eigenvalue weighted by Crippen LogP contribution is 2.37. The number of fused-ring (bicyclic) bond motifs is 1. The molecule has 1 aliphatic heterocycles. The summed E-state index contributed by atoms with van der Waals surface area (Å²) in [5.74, 6) is 5.59. The molecule has 44 heavy (non-hydrogen) atoms. The van der Waals surface area contributed by atoms with Crippen molar-refractivity contribution in [2.75, 3.05) is 52.6 Å². The lowest BCUT2D eigenvalue weighted by molar-refractivity contribution is -0.138. The summed E-state index contributed by atoms with van der Waals surface area (Å²) in [6.07, 6.45) is 7.07. The molecule has 12 nitrogen and oxygen atoms in total. The molecule has 1 saturated heterocycles. The Balaban J connectivity index is 1.56. The summed E-state index contributed by atoms with van der Waals surface area (Å²) in [7, 11) is 0. The van der Waals surface area contributed by atoms with Crippen molar-refractivity contribution in [3.63, 3.8) is 0 Å². The maximum absolute atomic E-state index is 13.4. The zero-order chi connectivity index (χ0) is 32.1. The number of allylic oxidation sites excluding steroid dienone is 2. The molecule has 0 aromatic heterocycles. The van der Waals surface area contributed by atoms with Gasteiger partial charge in [-0.25, -0.2) is 4.79 Å². The summed E-state index contributed by atoms with van der Waals surface area (Å²) in [4.78, 5) is 57.6. The maximum Gasteiger partial charge on any atom is 0.410 e. The van der Waals surface area contributed by atoms with Gasteiger partial charge in [-0.2, -0.15) is 0 Å². The van der Waals surface area contributed by atoms with Gasteiger partial charge in [0.25, 0.3) is 0 Å². The van der Waals surface area contributed by atoms with Gasteiger partial charge < -0.3 is 24.0 Å². The van der Waals surface area contributed by atoms with E-state index in [1.54, 1.807) is 30.6 Å². The minimum Gasteiger partial charge on any atom is -0.444 e. The molecule has 1 saturated carbocycles. The van der Waals surface area contributed by atoms with Crippen molar-refractivity contribution in [2.24, 2.45) is 22.9 Å². The normalized spacial score (nSPS) is 23.2. The Morgan fingerprint density at radius 2 is 1.89 bits per heavy atom. The molecule has 3 rings (SSSR count). The van der Waals surface area contributed by atoms with E-state index in [4.69, 9.17) is 19.7 Å². The number of carbonyl (C=O) groups is 4. The van der Waals surface area contributed by atoms with E-state index in [0.717, 1.165) is 5.57 Å². The summed E-state index contributed by atoms with van der Waals surface area (Å²) < 4.78 is 16.5. The van der Waals surface area contributed by atoms with Crippen molar-refractivity contribution < 1.29 is 33.4 Å². The van der Waals surface area contributed by atoms with Crippen molar-refractivity contribution >= 4 is 23.6 Å². The number of ether oxygens (including phenoxy) is 3. The van der Waals surface area contributed by atoms with E-state index >= 15 is 0 Å². The number of likely N-dealkylation sites (tertiary alicyclic amines) is 1. The van der Waals surface area contributed by atoms with Crippen molar-refractivity contribution in [1.29, 1.82) is 0 Å². The predicted octanol–water partition coefficient (Wildman–Crippen LogP) is 4.25. The van der Waals surface area contributed by atoms with Crippen LogP contribution in [-0.2, 0) is 28.6 Å². The summed E-state index contributed by atoms with van der Waals surface area (Å²) in [6, 6.07) is -0.565. The van der Waals surface area contributed by atoms with Gasteiger partial charge in [-0.05, 0) is 39.1 Å². The maximum atomic E-state index is 13.4. The van der Waals surface area contributed by atoms with Crippen LogP contribution in [0.2, 0.25) is 0 Å². The predicted molar refractivity (Wildman–Crippen MR) is 163 cm³/mol. The minimum atomic E-state index is -0.653. The molecule has 0 radical (unpaired) electrons. The van der Waals surface area contributed by atoms with E-state index < -0.39 is 17.7 Å². The molecule has 0 aromatic carbocycles. The summed E-state index contributed by atoms with van der Waals surface area (Å²) in [5.41, 5.74) is 8.45. The van der Waals surface area contributed by atoms with Gasteiger partial charge in [0.15, 0.2) is 5.78 Å². The van der Waals surface area contributed by atoms with Gasteiger partial charge >= 0.3 is 6.09 Å². The smallest absolute Gasteiger partial charge is 0.410 e. The zero-order valence-corrected chi connectivity index (χ0v) is 26.3. The van der Waals surface area contributed by atoms with E-state index in [-0.39, 0.29) is 54.8 Å². The molecule has 0 aromatic rings. The van der Waals surface area contributed by atoms with E-state index in [9.17, 15) is 19.2 Å². The van der Waals surface area contributed by atoms with E-state index in [0.29, 0.717) is 65.1 Å². The lowest BCUT2D eigenvalue weighted by atomic mass is 9.85. The second-order valence-corrected chi connectivity index (χ2v) is 12.1. The number of carbonyl (C=O) groups excluding carboxylic acids is 4. The van der Waals surface area contributed by atoms with Crippen LogP contribution in [0, 0.1) is 29.6 Å². The highest BCUT2D eigenvalue weighted by Gasteiger charge is 2.46. The highest BCUT2D eigenvalue weighted by molar-refractivity contribution is 5.96. The second-order valence-electron chi connectivity index (χ2n) is 12.1.